The zero-order valence-corrected chi connectivity index (χ0v) is 19.5. The highest BCUT2D eigenvalue weighted by molar-refractivity contribution is 5.89. The van der Waals surface area contributed by atoms with E-state index in [1.807, 2.05) is 56.0 Å². The molecule has 0 N–H and O–H groups in total. The predicted molar refractivity (Wildman–Crippen MR) is 131 cm³/mol. The Morgan fingerprint density at radius 3 is 2.45 bits per heavy atom. The van der Waals surface area contributed by atoms with Crippen molar-refractivity contribution in [2.45, 2.75) is 27.2 Å². The fourth-order valence-electron chi connectivity index (χ4n) is 4.27. The van der Waals surface area contributed by atoms with Gasteiger partial charge in [0.25, 0.3) is 0 Å². The van der Waals surface area contributed by atoms with Crippen molar-refractivity contribution in [3.63, 3.8) is 0 Å². The first-order valence-corrected chi connectivity index (χ1v) is 11.3. The molecule has 1 aliphatic heterocycles. The maximum Gasteiger partial charge on any atom is 0.340 e. The van der Waals surface area contributed by atoms with Crippen LogP contribution in [0.3, 0.4) is 0 Å². The highest BCUT2D eigenvalue weighted by atomic mass is 16.5. The zero-order chi connectivity index (χ0) is 23.5. The molecule has 1 aliphatic rings. The molecule has 0 spiro atoms. The van der Waals surface area contributed by atoms with Gasteiger partial charge in [0.15, 0.2) is 0 Å². The van der Waals surface area contributed by atoms with Gasteiger partial charge in [-0.05, 0) is 61.7 Å². The molecule has 2 aromatic carbocycles. The fourth-order valence-corrected chi connectivity index (χ4v) is 4.27. The molecule has 1 saturated heterocycles. The molecule has 0 aliphatic carbocycles. The third kappa shape index (κ3) is 4.95. The molecule has 0 unspecified atom stereocenters. The van der Waals surface area contributed by atoms with Crippen molar-refractivity contribution in [3.05, 3.63) is 81.7 Å². The van der Waals surface area contributed by atoms with Gasteiger partial charge in [-0.25, -0.2) is 4.79 Å². The fraction of sp³-hybridized carbons (Fsp3) is 0.333. The second kappa shape index (κ2) is 9.53. The number of para-hydroxylation sites is 1. The van der Waals surface area contributed by atoms with Gasteiger partial charge in [-0.15, -0.1) is 0 Å². The van der Waals surface area contributed by atoms with Crippen LogP contribution in [0.4, 0.5) is 5.69 Å². The summed E-state index contributed by atoms with van der Waals surface area (Å²) in [7, 11) is 0. The topological polar surface area (TPSA) is 63.0 Å². The van der Waals surface area contributed by atoms with Crippen LogP contribution in [0.5, 0.6) is 5.75 Å². The molecule has 6 heteroatoms. The van der Waals surface area contributed by atoms with Crippen molar-refractivity contribution < 1.29 is 13.9 Å². The van der Waals surface area contributed by atoms with Gasteiger partial charge in [-0.3, -0.25) is 4.79 Å². The number of aryl methyl sites for hydroxylation is 2. The van der Waals surface area contributed by atoms with E-state index in [0.717, 1.165) is 40.9 Å². The zero-order valence-electron chi connectivity index (χ0n) is 19.5. The number of benzene rings is 2. The molecular weight excluding hydrogens is 416 g/mol. The summed E-state index contributed by atoms with van der Waals surface area (Å²) in [5.41, 5.74) is 4.12. The molecule has 0 radical (unpaired) electrons. The molecule has 0 saturated carbocycles. The average Bonchev–Trinajstić information content (AvgIpc) is 2.80. The van der Waals surface area contributed by atoms with Gasteiger partial charge in [0.2, 0.25) is 5.91 Å². The molecule has 3 aromatic rings. The molecule has 1 amide bonds. The quantitative estimate of drug-likeness (QED) is 0.418. The molecule has 1 aromatic heterocycles. The summed E-state index contributed by atoms with van der Waals surface area (Å²) in [4.78, 5) is 30.0. The van der Waals surface area contributed by atoms with Gasteiger partial charge in [0.05, 0.1) is 17.4 Å². The number of ether oxygens (including phenoxy) is 1. The lowest BCUT2D eigenvalue weighted by Crippen LogP contribution is -2.49. The second-order valence-electron chi connectivity index (χ2n) is 8.76. The Labute approximate surface area is 194 Å². The Hall–Kier alpha value is -3.54. The van der Waals surface area contributed by atoms with Crippen LogP contribution >= 0.6 is 0 Å². The van der Waals surface area contributed by atoms with E-state index in [9.17, 15) is 9.59 Å². The van der Waals surface area contributed by atoms with Crippen LogP contribution in [0.15, 0.2) is 63.8 Å². The lowest BCUT2D eigenvalue weighted by molar-refractivity contribution is -0.130. The van der Waals surface area contributed by atoms with E-state index in [4.69, 9.17) is 9.15 Å². The van der Waals surface area contributed by atoms with Crippen LogP contribution in [-0.2, 0) is 11.2 Å². The second-order valence-corrected chi connectivity index (χ2v) is 8.76. The number of nitrogens with zero attached hydrogens (tertiary/aromatic N) is 2. The summed E-state index contributed by atoms with van der Waals surface area (Å²) in [6.45, 7) is 12.7. The third-order valence-corrected chi connectivity index (χ3v) is 6.04. The minimum absolute atomic E-state index is 0.0171. The summed E-state index contributed by atoms with van der Waals surface area (Å²) >= 11 is 0. The number of rotatable bonds is 6. The van der Waals surface area contributed by atoms with Crippen LogP contribution < -0.4 is 15.3 Å². The van der Waals surface area contributed by atoms with Gasteiger partial charge >= 0.3 is 5.63 Å². The van der Waals surface area contributed by atoms with E-state index in [1.54, 1.807) is 0 Å². The van der Waals surface area contributed by atoms with Crippen molar-refractivity contribution in [2.75, 3.05) is 37.7 Å². The third-order valence-electron chi connectivity index (χ3n) is 6.04. The largest absolute Gasteiger partial charge is 0.488 e. The number of hydrogen-bond donors (Lipinski definition) is 0. The molecule has 33 heavy (non-hydrogen) atoms. The summed E-state index contributed by atoms with van der Waals surface area (Å²) in [5.74, 6) is 0.577. The molecule has 0 bridgehead atoms. The summed E-state index contributed by atoms with van der Waals surface area (Å²) < 4.78 is 11.6. The van der Waals surface area contributed by atoms with Crippen molar-refractivity contribution in [1.82, 2.24) is 4.90 Å². The van der Waals surface area contributed by atoms with E-state index in [0.29, 0.717) is 36.6 Å². The number of hydrogen-bond acceptors (Lipinski definition) is 5. The molecular formula is C27H30N2O4. The van der Waals surface area contributed by atoms with E-state index >= 15 is 0 Å². The Bertz CT molecular complexity index is 1240. The molecule has 172 valence electrons. The maximum atomic E-state index is 13.1. The Morgan fingerprint density at radius 2 is 1.79 bits per heavy atom. The highest BCUT2D eigenvalue weighted by Crippen LogP contribution is 2.31. The average molecular weight is 447 g/mol. The van der Waals surface area contributed by atoms with Crippen LogP contribution in [0.25, 0.3) is 11.0 Å². The maximum absolute atomic E-state index is 13.1. The van der Waals surface area contributed by atoms with Crippen molar-refractivity contribution in [1.29, 1.82) is 0 Å². The standard InChI is InChI=1S/C27H30N2O4/c1-18(2)17-32-23-14-19(3)15-24-26(23)20(4)22(27(31)33-24)16-25(30)29-12-10-28(11-13-29)21-8-6-5-7-9-21/h5-9,14-15H,1,10-13,16-17H2,2-4H3. The summed E-state index contributed by atoms with van der Waals surface area (Å²) in [6.07, 6.45) is 0.0171. The molecule has 0 atom stereocenters. The van der Waals surface area contributed by atoms with Gasteiger partial charge in [-0.2, -0.15) is 0 Å². The Balaban J connectivity index is 1.55. The number of carbonyl (C=O) groups is 1. The van der Waals surface area contributed by atoms with Crippen LogP contribution in [-0.4, -0.2) is 43.6 Å². The number of fused-ring (bicyclic) bond motifs is 1. The lowest BCUT2D eigenvalue weighted by atomic mass is 10.0. The molecule has 2 heterocycles. The first-order chi connectivity index (χ1) is 15.8. The molecule has 6 nitrogen and oxygen atoms in total. The Morgan fingerprint density at radius 1 is 1.09 bits per heavy atom. The predicted octanol–water partition coefficient (Wildman–Crippen LogP) is 4.26. The van der Waals surface area contributed by atoms with E-state index < -0.39 is 5.63 Å². The van der Waals surface area contributed by atoms with Crippen LogP contribution in [0.1, 0.15) is 23.6 Å². The summed E-state index contributed by atoms with van der Waals surface area (Å²) in [6, 6.07) is 13.9. The lowest BCUT2D eigenvalue weighted by Gasteiger charge is -2.36. The van der Waals surface area contributed by atoms with Crippen molar-refractivity contribution >= 4 is 22.6 Å². The smallest absolute Gasteiger partial charge is 0.340 e. The minimum Gasteiger partial charge on any atom is -0.488 e. The Kier molecular flexibility index (Phi) is 6.54. The molecule has 4 rings (SSSR count). The van der Waals surface area contributed by atoms with E-state index in [2.05, 4.69) is 23.6 Å². The normalized spacial score (nSPS) is 13.9. The monoisotopic (exact) mass is 446 g/mol. The highest BCUT2D eigenvalue weighted by Gasteiger charge is 2.24. The minimum atomic E-state index is -0.465. The van der Waals surface area contributed by atoms with Gasteiger partial charge in [-0.1, -0.05) is 24.8 Å². The molecule has 1 fully saturated rings. The van der Waals surface area contributed by atoms with Gasteiger partial charge in [0, 0.05) is 31.9 Å². The number of anilines is 1. The number of amides is 1. The van der Waals surface area contributed by atoms with Gasteiger partial charge in [0.1, 0.15) is 17.9 Å². The van der Waals surface area contributed by atoms with Crippen LogP contribution in [0, 0.1) is 13.8 Å². The number of carbonyl (C=O) groups excluding carboxylic acids is 1. The van der Waals surface area contributed by atoms with Crippen molar-refractivity contribution in [2.24, 2.45) is 0 Å². The number of piperazine rings is 1. The van der Waals surface area contributed by atoms with Gasteiger partial charge < -0.3 is 19.0 Å². The summed E-state index contributed by atoms with van der Waals surface area (Å²) in [5, 5.41) is 0.734. The van der Waals surface area contributed by atoms with Crippen molar-refractivity contribution in [3.8, 4) is 5.75 Å². The van der Waals surface area contributed by atoms with E-state index in [1.165, 1.54) is 0 Å². The first kappa shape index (κ1) is 22.6. The van der Waals surface area contributed by atoms with E-state index in [-0.39, 0.29) is 12.3 Å². The van der Waals surface area contributed by atoms with Crippen LogP contribution in [0.2, 0.25) is 0 Å². The SMILES string of the molecule is C=C(C)COc1cc(C)cc2oc(=O)c(CC(=O)N3CCN(c4ccccc4)CC3)c(C)c12. The first-order valence-electron chi connectivity index (χ1n) is 11.3.